The van der Waals surface area contributed by atoms with Crippen LogP contribution in [-0.2, 0) is 5.41 Å². The van der Waals surface area contributed by atoms with Gasteiger partial charge in [0.25, 0.3) is 0 Å². The lowest BCUT2D eigenvalue weighted by Gasteiger charge is -2.30. The predicted octanol–water partition coefficient (Wildman–Crippen LogP) is 10.0. The zero-order valence-electron chi connectivity index (χ0n) is 20.7. The molecule has 0 amide bonds. The Morgan fingerprint density at radius 1 is 0.316 bits per heavy atom. The van der Waals surface area contributed by atoms with Crippen LogP contribution in [0.2, 0.25) is 5.02 Å². The molecule has 6 aromatic carbocycles. The lowest BCUT2D eigenvalue weighted by molar-refractivity contribution is 0.794. The van der Waals surface area contributed by atoms with E-state index in [-0.39, 0.29) is 5.41 Å². The Morgan fingerprint density at radius 3 is 1.32 bits per heavy atom. The minimum Gasteiger partial charge on any atom is -0.0837 e. The van der Waals surface area contributed by atoms with Gasteiger partial charge >= 0.3 is 0 Å². The Labute approximate surface area is 227 Å². The summed E-state index contributed by atoms with van der Waals surface area (Å²) in [6.45, 7) is 0. The molecule has 0 radical (unpaired) electrons. The standard InChI is InChI=1S/C37H23Cl/c38-35-23-10-6-16-28(35)24-12-1-2-13-25(24)29-18-11-22-34-36(29)30-17-5-9-21-33(30)37(34)31-19-7-3-14-26(31)27-15-4-8-20-32(27)37/h1-23H. The van der Waals surface area contributed by atoms with Crippen molar-refractivity contribution in [3.8, 4) is 44.5 Å². The van der Waals surface area contributed by atoms with Crippen LogP contribution in [-0.4, -0.2) is 0 Å². The average Bonchev–Trinajstić information content (AvgIpc) is 3.45. The van der Waals surface area contributed by atoms with E-state index in [1.54, 1.807) is 0 Å². The summed E-state index contributed by atoms with van der Waals surface area (Å²) in [5.74, 6) is 0. The highest BCUT2D eigenvalue weighted by Gasteiger charge is 2.51. The van der Waals surface area contributed by atoms with Crippen LogP contribution in [0.15, 0.2) is 140 Å². The SMILES string of the molecule is Clc1ccccc1-c1ccccc1-c1cccc2c1-c1ccccc1C21c2ccccc2-c2ccccc21. The molecule has 0 N–H and O–H groups in total. The molecule has 0 nitrogen and oxygen atoms in total. The molecule has 2 aliphatic rings. The third-order valence-corrected chi connectivity index (χ3v) is 8.73. The van der Waals surface area contributed by atoms with E-state index >= 15 is 0 Å². The number of rotatable bonds is 2. The van der Waals surface area contributed by atoms with Crippen molar-refractivity contribution in [3.63, 3.8) is 0 Å². The maximum atomic E-state index is 6.73. The lowest BCUT2D eigenvalue weighted by atomic mass is 9.70. The van der Waals surface area contributed by atoms with Crippen molar-refractivity contribution in [2.24, 2.45) is 0 Å². The van der Waals surface area contributed by atoms with Gasteiger partial charge in [-0.25, -0.2) is 0 Å². The molecule has 1 spiro atoms. The molecule has 0 heterocycles. The van der Waals surface area contributed by atoms with Crippen LogP contribution in [0.4, 0.5) is 0 Å². The van der Waals surface area contributed by atoms with E-state index in [9.17, 15) is 0 Å². The van der Waals surface area contributed by atoms with E-state index in [1.807, 2.05) is 12.1 Å². The summed E-state index contributed by atoms with van der Waals surface area (Å²) in [5, 5.41) is 0.767. The first-order valence-corrected chi connectivity index (χ1v) is 13.4. The van der Waals surface area contributed by atoms with Crippen molar-refractivity contribution in [2.75, 3.05) is 0 Å². The summed E-state index contributed by atoms with van der Waals surface area (Å²) >= 11 is 6.73. The Bertz CT molecular complexity index is 1850. The van der Waals surface area contributed by atoms with Crippen LogP contribution in [0.1, 0.15) is 22.3 Å². The molecule has 38 heavy (non-hydrogen) atoms. The Balaban J connectivity index is 1.50. The lowest BCUT2D eigenvalue weighted by Crippen LogP contribution is -2.25. The molecule has 1 heteroatoms. The van der Waals surface area contributed by atoms with Gasteiger partial charge in [0.15, 0.2) is 0 Å². The predicted molar refractivity (Wildman–Crippen MR) is 159 cm³/mol. The van der Waals surface area contributed by atoms with Crippen LogP contribution in [0.25, 0.3) is 44.5 Å². The summed E-state index contributed by atoms with van der Waals surface area (Å²) in [5.41, 5.74) is 15.0. The number of benzene rings is 6. The molecule has 0 fully saturated rings. The zero-order chi connectivity index (χ0) is 25.3. The normalized spacial score (nSPS) is 13.6. The second-order valence-corrected chi connectivity index (χ2v) is 10.5. The van der Waals surface area contributed by atoms with E-state index in [0.717, 1.165) is 16.1 Å². The Kier molecular flexibility index (Phi) is 4.59. The smallest absolute Gasteiger partial charge is 0.0725 e. The fraction of sp³-hybridized carbons (Fsp3) is 0.0270. The van der Waals surface area contributed by atoms with Gasteiger partial charge in [-0.3, -0.25) is 0 Å². The average molecular weight is 503 g/mol. The molecule has 0 bridgehead atoms. The minimum atomic E-state index is -0.339. The third kappa shape index (κ3) is 2.71. The van der Waals surface area contributed by atoms with Crippen molar-refractivity contribution in [1.29, 1.82) is 0 Å². The highest BCUT2D eigenvalue weighted by molar-refractivity contribution is 6.33. The van der Waals surface area contributed by atoms with E-state index in [4.69, 9.17) is 11.6 Å². The number of hydrogen-bond donors (Lipinski definition) is 0. The first kappa shape index (κ1) is 21.7. The minimum absolute atomic E-state index is 0.339. The van der Waals surface area contributed by atoms with Gasteiger partial charge in [0, 0.05) is 10.6 Å². The molecule has 0 atom stereocenters. The highest BCUT2D eigenvalue weighted by Crippen LogP contribution is 2.64. The van der Waals surface area contributed by atoms with Gasteiger partial charge in [0.2, 0.25) is 0 Å². The first-order valence-electron chi connectivity index (χ1n) is 13.1. The molecular weight excluding hydrogens is 480 g/mol. The summed E-state index contributed by atoms with van der Waals surface area (Å²) in [6, 6.07) is 50.5. The first-order chi connectivity index (χ1) is 18.8. The van der Waals surface area contributed by atoms with Crippen molar-refractivity contribution in [1.82, 2.24) is 0 Å². The summed E-state index contributed by atoms with van der Waals surface area (Å²) in [6.07, 6.45) is 0. The summed E-state index contributed by atoms with van der Waals surface area (Å²) in [7, 11) is 0. The van der Waals surface area contributed by atoms with Crippen LogP contribution < -0.4 is 0 Å². The number of hydrogen-bond acceptors (Lipinski definition) is 0. The van der Waals surface area contributed by atoms with Gasteiger partial charge in [0.1, 0.15) is 0 Å². The Morgan fingerprint density at radius 2 is 0.711 bits per heavy atom. The van der Waals surface area contributed by atoms with Crippen LogP contribution in [0.3, 0.4) is 0 Å². The van der Waals surface area contributed by atoms with Crippen molar-refractivity contribution in [2.45, 2.75) is 5.41 Å². The molecule has 0 aromatic heterocycles. The molecule has 0 saturated heterocycles. The van der Waals surface area contributed by atoms with E-state index in [0.29, 0.717) is 0 Å². The van der Waals surface area contributed by atoms with Gasteiger partial charge < -0.3 is 0 Å². The van der Waals surface area contributed by atoms with Gasteiger partial charge in [-0.15, -0.1) is 0 Å². The topological polar surface area (TPSA) is 0 Å². The van der Waals surface area contributed by atoms with Gasteiger partial charge in [-0.05, 0) is 67.3 Å². The molecule has 6 aromatic rings. The van der Waals surface area contributed by atoms with Crippen LogP contribution >= 0.6 is 11.6 Å². The molecular formula is C37H23Cl. The second kappa shape index (κ2) is 8.05. The molecule has 0 unspecified atom stereocenters. The fourth-order valence-corrected chi connectivity index (χ4v) is 7.24. The molecule has 178 valence electrons. The van der Waals surface area contributed by atoms with Crippen LogP contribution in [0, 0.1) is 0 Å². The highest BCUT2D eigenvalue weighted by atomic mass is 35.5. The van der Waals surface area contributed by atoms with E-state index in [2.05, 4.69) is 127 Å². The second-order valence-electron chi connectivity index (χ2n) is 10.1. The number of fused-ring (bicyclic) bond motifs is 10. The van der Waals surface area contributed by atoms with E-state index < -0.39 is 0 Å². The van der Waals surface area contributed by atoms with Crippen LogP contribution in [0.5, 0.6) is 0 Å². The fourth-order valence-electron chi connectivity index (χ4n) is 7.00. The van der Waals surface area contributed by atoms with Crippen molar-refractivity contribution in [3.05, 3.63) is 167 Å². The summed E-state index contributed by atoms with van der Waals surface area (Å²) < 4.78 is 0. The molecule has 8 rings (SSSR count). The summed E-state index contributed by atoms with van der Waals surface area (Å²) in [4.78, 5) is 0. The number of halogens is 1. The maximum absolute atomic E-state index is 6.73. The van der Waals surface area contributed by atoms with Crippen molar-refractivity contribution < 1.29 is 0 Å². The molecule has 2 aliphatic carbocycles. The molecule has 0 saturated carbocycles. The monoisotopic (exact) mass is 502 g/mol. The largest absolute Gasteiger partial charge is 0.0837 e. The molecule has 0 aliphatic heterocycles. The van der Waals surface area contributed by atoms with E-state index in [1.165, 1.54) is 55.6 Å². The van der Waals surface area contributed by atoms with Gasteiger partial charge in [-0.2, -0.15) is 0 Å². The van der Waals surface area contributed by atoms with Crippen molar-refractivity contribution >= 4 is 11.6 Å². The maximum Gasteiger partial charge on any atom is 0.0725 e. The quantitative estimate of drug-likeness (QED) is 0.220. The van der Waals surface area contributed by atoms with Gasteiger partial charge in [0.05, 0.1) is 5.41 Å². The van der Waals surface area contributed by atoms with Gasteiger partial charge in [-0.1, -0.05) is 145 Å². The third-order valence-electron chi connectivity index (χ3n) is 8.40. The zero-order valence-corrected chi connectivity index (χ0v) is 21.4. The Hall–Kier alpha value is -4.39.